The van der Waals surface area contributed by atoms with Crippen LogP contribution in [-0.4, -0.2) is 13.6 Å². The SMILES string of the molecule is C=C(/C=C\C)C(C)CCNC. The van der Waals surface area contributed by atoms with Crippen molar-refractivity contribution < 1.29 is 0 Å². The highest BCUT2D eigenvalue weighted by Crippen LogP contribution is 2.12. The number of hydrogen-bond acceptors (Lipinski definition) is 1. The van der Waals surface area contributed by atoms with Gasteiger partial charge in [0.25, 0.3) is 0 Å². The fourth-order valence-electron chi connectivity index (χ4n) is 0.925. The molecule has 0 aliphatic heterocycles. The molecular formula is C10H19N. The minimum Gasteiger partial charge on any atom is -0.320 e. The molecule has 0 bridgehead atoms. The van der Waals surface area contributed by atoms with Gasteiger partial charge in [0.15, 0.2) is 0 Å². The fraction of sp³-hybridized carbons (Fsp3) is 0.600. The molecule has 11 heavy (non-hydrogen) atoms. The molecule has 0 rings (SSSR count). The molecule has 0 saturated carbocycles. The maximum absolute atomic E-state index is 3.98. The van der Waals surface area contributed by atoms with Crippen molar-refractivity contribution in [3.8, 4) is 0 Å². The summed E-state index contributed by atoms with van der Waals surface area (Å²) in [5, 5.41) is 3.13. The first-order valence-corrected chi connectivity index (χ1v) is 4.18. The molecule has 0 aromatic rings. The van der Waals surface area contributed by atoms with Gasteiger partial charge in [-0.05, 0) is 32.9 Å². The van der Waals surface area contributed by atoms with Crippen LogP contribution in [0.5, 0.6) is 0 Å². The maximum atomic E-state index is 3.98. The molecular weight excluding hydrogens is 134 g/mol. The predicted octanol–water partition coefficient (Wildman–Crippen LogP) is 2.36. The molecule has 1 unspecified atom stereocenters. The van der Waals surface area contributed by atoms with Crippen molar-refractivity contribution in [2.75, 3.05) is 13.6 Å². The molecule has 0 heterocycles. The van der Waals surface area contributed by atoms with Crippen LogP contribution >= 0.6 is 0 Å². The van der Waals surface area contributed by atoms with E-state index in [4.69, 9.17) is 0 Å². The zero-order valence-electron chi connectivity index (χ0n) is 7.85. The molecule has 0 aromatic heterocycles. The van der Waals surface area contributed by atoms with E-state index in [1.165, 1.54) is 12.0 Å². The van der Waals surface area contributed by atoms with Crippen LogP contribution in [0, 0.1) is 5.92 Å². The van der Waals surface area contributed by atoms with E-state index in [1.807, 2.05) is 20.0 Å². The number of hydrogen-bond donors (Lipinski definition) is 1. The Morgan fingerprint density at radius 3 is 2.73 bits per heavy atom. The van der Waals surface area contributed by atoms with Gasteiger partial charge in [-0.3, -0.25) is 0 Å². The lowest BCUT2D eigenvalue weighted by Crippen LogP contribution is -2.11. The van der Waals surface area contributed by atoms with Gasteiger partial charge in [-0.25, -0.2) is 0 Å². The molecule has 1 nitrogen and oxygen atoms in total. The molecule has 0 spiro atoms. The molecule has 64 valence electrons. The summed E-state index contributed by atoms with van der Waals surface area (Å²) in [5.74, 6) is 0.596. The van der Waals surface area contributed by atoms with Crippen LogP contribution in [-0.2, 0) is 0 Å². The highest BCUT2D eigenvalue weighted by molar-refractivity contribution is 5.16. The molecule has 1 N–H and O–H groups in total. The second-order valence-corrected chi connectivity index (χ2v) is 2.87. The smallest absolute Gasteiger partial charge is 0.00462 e. The first-order valence-electron chi connectivity index (χ1n) is 4.18. The number of rotatable bonds is 5. The van der Waals surface area contributed by atoms with Crippen molar-refractivity contribution in [2.24, 2.45) is 5.92 Å². The van der Waals surface area contributed by atoms with Gasteiger partial charge in [0.2, 0.25) is 0 Å². The first-order chi connectivity index (χ1) is 5.22. The Hall–Kier alpha value is -0.560. The first kappa shape index (κ1) is 10.4. The summed E-state index contributed by atoms with van der Waals surface area (Å²) < 4.78 is 0. The van der Waals surface area contributed by atoms with E-state index in [-0.39, 0.29) is 0 Å². The Kier molecular flexibility index (Phi) is 5.86. The van der Waals surface area contributed by atoms with E-state index < -0.39 is 0 Å². The van der Waals surface area contributed by atoms with Gasteiger partial charge >= 0.3 is 0 Å². The third-order valence-electron chi connectivity index (χ3n) is 1.84. The summed E-state index contributed by atoms with van der Waals surface area (Å²) in [6.07, 6.45) is 5.29. The van der Waals surface area contributed by atoms with Crippen LogP contribution in [0.4, 0.5) is 0 Å². The van der Waals surface area contributed by atoms with E-state index in [0.29, 0.717) is 5.92 Å². The Bertz CT molecular complexity index is 136. The van der Waals surface area contributed by atoms with E-state index in [2.05, 4.69) is 24.9 Å². The number of allylic oxidation sites excluding steroid dienone is 3. The van der Waals surface area contributed by atoms with Gasteiger partial charge in [0.1, 0.15) is 0 Å². The summed E-state index contributed by atoms with van der Waals surface area (Å²) >= 11 is 0. The summed E-state index contributed by atoms with van der Waals surface area (Å²) in [6, 6.07) is 0. The third kappa shape index (κ3) is 4.79. The fourth-order valence-corrected chi connectivity index (χ4v) is 0.925. The Balaban J connectivity index is 3.64. The van der Waals surface area contributed by atoms with E-state index in [0.717, 1.165) is 6.54 Å². The van der Waals surface area contributed by atoms with Gasteiger partial charge < -0.3 is 5.32 Å². The summed E-state index contributed by atoms with van der Waals surface area (Å²) in [7, 11) is 1.98. The molecule has 1 atom stereocenters. The second-order valence-electron chi connectivity index (χ2n) is 2.87. The van der Waals surface area contributed by atoms with Crippen molar-refractivity contribution >= 4 is 0 Å². The van der Waals surface area contributed by atoms with Crippen molar-refractivity contribution in [2.45, 2.75) is 20.3 Å². The van der Waals surface area contributed by atoms with Gasteiger partial charge in [-0.1, -0.05) is 31.2 Å². The van der Waals surface area contributed by atoms with E-state index >= 15 is 0 Å². The Morgan fingerprint density at radius 1 is 1.64 bits per heavy atom. The minimum absolute atomic E-state index is 0.596. The normalized spacial score (nSPS) is 13.7. The highest BCUT2D eigenvalue weighted by atomic mass is 14.8. The van der Waals surface area contributed by atoms with E-state index in [1.54, 1.807) is 0 Å². The zero-order valence-corrected chi connectivity index (χ0v) is 7.85. The standard InChI is InChI=1S/C10H19N/c1-5-6-9(2)10(3)7-8-11-4/h5-6,10-11H,2,7-8H2,1,3-4H3/b6-5-. The lowest BCUT2D eigenvalue weighted by molar-refractivity contribution is 0.595. The average Bonchev–Trinajstić information content (AvgIpc) is 2.00. The Labute approximate surface area is 70.2 Å². The molecule has 0 radical (unpaired) electrons. The third-order valence-corrected chi connectivity index (χ3v) is 1.84. The van der Waals surface area contributed by atoms with Crippen LogP contribution in [0.1, 0.15) is 20.3 Å². The van der Waals surface area contributed by atoms with Crippen LogP contribution in [0.25, 0.3) is 0 Å². The lowest BCUT2D eigenvalue weighted by atomic mass is 9.99. The molecule has 0 aliphatic rings. The van der Waals surface area contributed by atoms with Gasteiger partial charge in [0.05, 0.1) is 0 Å². The van der Waals surface area contributed by atoms with E-state index in [9.17, 15) is 0 Å². The van der Waals surface area contributed by atoms with Crippen molar-refractivity contribution in [1.29, 1.82) is 0 Å². The molecule has 0 aromatic carbocycles. The largest absolute Gasteiger partial charge is 0.320 e. The van der Waals surface area contributed by atoms with Gasteiger partial charge in [0, 0.05) is 0 Å². The van der Waals surface area contributed by atoms with Crippen molar-refractivity contribution in [1.82, 2.24) is 5.32 Å². The summed E-state index contributed by atoms with van der Waals surface area (Å²) in [5.41, 5.74) is 1.22. The Morgan fingerprint density at radius 2 is 2.27 bits per heavy atom. The van der Waals surface area contributed by atoms with Crippen LogP contribution in [0.3, 0.4) is 0 Å². The van der Waals surface area contributed by atoms with Crippen LogP contribution < -0.4 is 5.32 Å². The summed E-state index contributed by atoms with van der Waals surface area (Å²) in [4.78, 5) is 0. The van der Waals surface area contributed by atoms with Gasteiger partial charge in [-0.15, -0.1) is 0 Å². The highest BCUT2D eigenvalue weighted by Gasteiger charge is 2.01. The van der Waals surface area contributed by atoms with Gasteiger partial charge in [-0.2, -0.15) is 0 Å². The molecule has 0 aliphatic carbocycles. The van der Waals surface area contributed by atoms with Crippen LogP contribution in [0.15, 0.2) is 24.3 Å². The second kappa shape index (κ2) is 6.17. The topological polar surface area (TPSA) is 12.0 Å². The quantitative estimate of drug-likeness (QED) is 0.598. The summed E-state index contributed by atoms with van der Waals surface area (Å²) in [6.45, 7) is 9.28. The van der Waals surface area contributed by atoms with Crippen LogP contribution in [0.2, 0.25) is 0 Å². The molecule has 0 amide bonds. The van der Waals surface area contributed by atoms with Crippen molar-refractivity contribution in [3.63, 3.8) is 0 Å². The number of nitrogens with one attached hydrogen (secondary N) is 1. The molecule has 1 heteroatoms. The molecule has 0 fully saturated rings. The average molecular weight is 153 g/mol. The lowest BCUT2D eigenvalue weighted by Gasteiger charge is -2.10. The van der Waals surface area contributed by atoms with Crippen molar-refractivity contribution in [3.05, 3.63) is 24.3 Å². The maximum Gasteiger partial charge on any atom is -0.00462 e. The molecule has 0 saturated heterocycles. The monoisotopic (exact) mass is 153 g/mol. The zero-order chi connectivity index (χ0) is 8.69. The minimum atomic E-state index is 0.596. The predicted molar refractivity (Wildman–Crippen MR) is 51.7 cm³/mol.